The van der Waals surface area contributed by atoms with Gasteiger partial charge in [0.15, 0.2) is 0 Å². The average Bonchev–Trinajstić information content (AvgIpc) is 2.92. The van der Waals surface area contributed by atoms with Crippen molar-refractivity contribution in [3.63, 3.8) is 0 Å². The van der Waals surface area contributed by atoms with Gasteiger partial charge in [0.25, 0.3) is 0 Å². The van der Waals surface area contributed by atoms with E-state index in [4.69, 9.17) is 0 Å². The summed E-state index contributed by atoms with van der Waals surface area (Å²) in [4.78, 5) is 11.8. The zero-order chi connectivity index (χ0) is 34.1. The van der Waals surface area contributed by atoms with Gasteiger partial charge in [-0.1, -0.05) is 167 Å². The number of ether oxygens (including phenoxy) is 1. The molecule has 0 saturated carbocycles. The molecule has 0 spiro atoms. The van der Waals surface area contributed by atoms with Gasteiger partial charge in [0.1, 0.15) is 0 Å². The van der Waals surface area contributed by atoms with Crippen LogP contribution in [0.15, 0.2) is 0 Å². The fraction of sp³-hybridized carbons (Fsp3) is 0.970. The summed E-state index contributed by atoms with van der Waals surface area (Å²) >= 11 is 0. The first-order valence-electron chi connectivity index (χ1n) is 17.4. The fourth-order valence-electron chi connectivity index (χ4n) is 5.55. The lowest BCUT2D eigenvalue weighted by molar-refractivity contribution is -0.361. The Balaban J connectivity index is 3.68. The van der Waals surface area contributed by atoms with E-state index in [2.05, 4.69) is 11.7 Å². The molecule has 0 aliphatic carbocycles. The molecule has 0 bridgehead atoms. The largest absolute Gasteiger partial charge is 0.748 e. The molecule has 0 aromatic carbocycles. The second-order valence-electron chi connectivity index (χ2n) is 12.6. The zero-order valence-corrected chi connectivity index (χ0v) is 28.3. The minimum atomic E-state index is -6.33. The van der Waals surface area contributed by atoms with Crippen LogP contribution < -0.4 is 0 Å². The van der Waals surface area contributed by atoms with Crippen LogP contribution in [-0.2, 0) is 19.6 Å². The lowest BCUT2D eigenvalue weighted by Gasteiger charge is -2.36. The third-order valence-corrected chi connectivity index (χ3v) is 9.08. The lowest BCUT2D eigenvalue weighted by Crippen LogP contribution is -2.63. The van der Waals surface area contributed by atoms with Crippen molar-refractivity contribution in [2.75, 3.05) is 5.75 Å². The molecular weight excluding hydrogens is 622 g/mol. The molecule has 0 aromatic rings. The number of unbranched alkanes of at least 4 members (excludes halogenated alkanes) is 25. The van der Waals surface area contributed by atoms with Gasteiger partial charge in [0.05, 0.1) is 15.9 Å². The van der Waals surface area contributed by atoms with Gasteiger partial charge in [-0.2, -0.15) is 26.3 Å². The van der Waals surface area contributed by atoms with Crippen LogP contribution in [0.2, 0.25) is 0 Å². The van der Waals surface area contributed by atoms with E-state index in [9.17, 15) is 44.1 Å². The van der Waals surface area contributed by atoms with Crippen molar-refractivity contribution in [3.8, 4) is 0 Å². The number of alkyl halides is 6. The first kappa shape index (κ1) is 44.0. The fourth-order valence-corrected chi connectivity index (χ4v) is 6.43. The maximum absolute atomic E-state index is 13.2. The molecule has 0 saturated heterocycles. The number of rotatable bonds is 30. The quantitative estimate of drug-likeness (QED) is 0.0326. The Kier molecular flexibility index (Phi) is 24.5. The van der Waals surface area contributed by atoms with Crippen LogP contribution in [-0.4, -0.2) is 42.6 Å². The Bertz CT molecular complexity index is 816. The van der Waals surface area contributed by atoms with Gasteiger partial charge in [-0.15, -0.1) is 0 Å². The van der Waals surface area contributed by atoms with Crippen molar-refractivity contribution in [3.05, 3.63) is 0 Å². The van der Waals surface area contributed by atoms with E-state index < -0.39 is 46.2 Å². The van der Waals surface area contributed by atoms with Gasteiger partial charge >= 0.3 is 23.9 Å². The minimum absolute atomic E-state index is 0.00589. The first-order valence-corrected chi connectivity index (χ1v) is 19.0. The van der Waals surface area contributed by atoms with Gasteiger partial charge in [0.2, 0.25) is 0 Å². The molecule has 0 unspecified atom stereocenters. The van der Waals surface area contributed by atoms with Crippen molar-refractivity contribution in [1.29, 1.82) is 0 Å². The Morgan fingerprint density at radius 2 is 0.756 bits per heavy atom. The van der Waals surface area contributed by atoms with Crippen molar-refractivity contribution in [2.45, 2.75) is 198 Å². The topological polar surface area (TPSA) is 83.5 Å². The summed E-state index contributed by atoms with van der Waals surface area (Å²) in [5.74, 6) is -4.81. The third-order valence-electron chi connectivity index (χ3n) is 8.32. The van der Waals surface area contributed by atoms with Crippen molar-refractivity contribution in [2.24, 2.45) is 0 Å². The number of carbonyl (C=O) groups is 1. The van der Waals surface area contributed by atoms with E-state index >= 15 is 0 Å². The van der Waals surface area contributed by atoms with E-state index in [-0.39, 0.29) is 6.42 Å². The van der Waals surface area contributed by atoms with Crippen LogP contribution in [0, 0.1) is 0 Å². The summed E-state index contributed by atoms with van der Waals surface area (Å²) in [7, 11) is -6.02. The molecule has 0 radical (unpaired) electrons. The summed E-state index contributed by atoms with van der Waals surface area (Å²) in [5.41, 5.74) is -5.39. The maximum Gasteiger partial charge on any atom is 0.438 e. The highest BCUT2D eigenvalue weighted by Crippen LogP contribution is 2.47. The Labute approximate surface area is 268 Å². The number of esters is 1. The molecule has 0 fully saturated rings. The zero-order valence-electron chi connectivity index (χ0n) is 27.5. The molecular formula is C33H59F6O5S-. The van der Waals surface area contributed by atoms with Crippen molar-refractivity contribution < 1.29 is 48.8 Å². The molecule has 0 rings (SSSR count). The van der Waals surface area contributed by atoms with Gasteiger partial charge < -0.3 is 9.29 Å². The minimum Gasteiger partial charge on any atom is -0.748 e. The summed E-state index contributed by atoms with van der Waals surface area (Å²) in [6, 6.07) is 0. The molecule has 0 aliphatic rings. The molecule has 0 aromatic heterocycles. The van der Waals surface area contributed by atoms with Crippen LogP contribution in [0.3, 0.4) is 0 Å². The molecule has 12 heteroatoms. The molecule has 0 N–H and O–H groups in total. The van der Waals surface area contributed by atoms with E-state index in [1.54, 1.807) is 0 Å². The van der Waals surface area contributed by atoms with Crippen LogP contribution in [0.1, 0.15) is 180 Å². The molecule has 0 heterocycles. The van der Waals surface area contributed by atoms with E-state index in [0.29, 0.717) is 12.8 Å². The molecule has 45 heavy (non-hydrogen) atoms. The van der Waals surface area contributed by atoms with Gasteiger partial charge in [-0.05, 0) is 6.42 Å². The van der Waals surface area contributed by atoms with Gasteiger partial charge in [-0.3, -0.25) is 4.79 Å². The summed E-state index contributed by atoms with van der Waals surface area (Å²) in [6.07, 6.45) is 17.1. The van der Waals surface area contributed by atoms with Crippen LogP contribution in [0.5, 0.6) is 0 Å². The molecule has 5 nitrogen and oxygen atoms in total. The maximum atomic E-state index is 13.2. The van der Waals surface area contributed by atoms with Crippen LogP contribution in [0.4, 0.5) is 26.3 Å². The number of hydrogen-bond donors (Lipinski definition) is 0. The predicted octanol–water partition coefficient (Wildman–Crippen LogP) is 11.5. The average molecular weight is 682 g/mol. The highest BCUT2D eigenvalue weighted by molar-refractivity contribution is 7.85. The van der Waals surface area contributed by atoms with Crippen molar-refractivity contribution in [1.82, 2.24) is 0 Å². The van der Waals surface area contributed by atoms with Crippen molar-refractivity contribution >= 4 is 16.1 Å². The highest BCUT2D eigenvalue weighted by atomic mass is 32.2. The second kappa shape index (κ2) is 25.0. The molecule has 0 amide bonds. The standard InChI is InChI=1S/C33H60F6O5S/c1-2-3-4-5-6-7-8-9-10-11-12-13-14-15-16-17-18-19-20-21-22-23-24-25-26-27-28-30(40)44-31(32(34,35)36,33(37,38)39)29-45(41,42)43/h2-29H2,1H3,(H,41,42,43)/p-1. The SMILES string of the molecule is CCCCCCCCCCCCCCCCCCCCCCCCCCCCC(=O)OC(CS(=O)(=O)[O-])(C(F)(F)F)C(F)(F)F. The third kappa shape index (κ3) is 23.0. The van der Waals surface area contributed by atoms with Crippen LogP contribution >= 0.6 is 0 Å². The van der Waals surface area contributed by atoms with E-state index in [1.807, 2.05) is 0 Å². The normalized spacial score (nSPS) is 13.0. The monoisotopic (exact) mass is 681 g/mol. The van der Waals surface area contributed by atoms with E-state index in [0.717, 1.165) is 25.7 Å². The molecule has 0 atom stereocenters. The highest BCUT2D eigenvalue weighted by Gasteiger charge is 2.75. The summed E-state index contributed by atoms with van der Waals surface area (Å²) < 4.78 is 115. The Hall–Kier alpha value is -1.04. The first-order chi connectivity index (χ1) is 21.2. The smallest absolute Gasteiger partial charge is 0.438 e. The van der Waals surface area contributed by atoms with Crippen LogP contribution in [0.25, 0.3) is 0 Å². The molecule has 270 valence electrons. The Morgan fingerprint density at radius 3 is 0.978 bits per heavy atom. The lowest BCUT2D eigenvalue weighted by atomic mass is 10.0. The van der Waals surface area contributed by atoms with Gasteiger partial charge in [-0.25, -0.2) is 8.42 Å². The summed E-state index contributed by atoms with van der Waals surface area (Å²) in [6.45, 7) is 2.26. The number of hydrogen-bond acceptors (Lipinski definition) is 5. The summed E-state index contributed by atoms with van der Waals surface area (Å²) in [5, 5.41) is 0. The van der Waals surface area contributed by atoms with E-state index in [1.165, 1.54) is 122 Å². The molecule has 0 aliphatic heterocycles. The Morgan fingerprint density at radius 1 is 0.511 bits per heavy atom. The predicted molar refractivity (Wildman–Crippen MR) is 166 cm³/mol. The second-order valence-corrected chi connectivity index (χ2v) is 14.0. The number of halogens is 6. The van der Waals surface area contributed by atoms with Gasteiger partial charge in [0, 0.05) is 6.42 Å². The number of carbonyl (C=O) groups excluding carboxylic acids is 1.